The van der Waals surface area contributed by atoms with Gasteiger partial charge in [-0.2, -0.15) is 5.10 Å². The molecule has 1 saturated heterocycles. The molecule has 1 fully saturated rings. The van der Waals surface area contributed by atoms with E-state index in [1.165, 1.54) is 6.42 Å². The molecule has 5 heterocycles. The maximum Gasteiger partial charge on any atom is 0.257 e. The van der Waals surface area contributed by atoms with Gasteiger partial charge in [-0.3, -0.25) is 9.79 Å². The Morgan fingerprint density at radius 2 is 2.00 bits per heavy atom. The molecule has 5 rings (SSSR count). The summed E-state index contributed by atoms with van der Waals surface area (Å²) in [6.07, 6.45) is 7.66. The summed E-state index contributed by atoms with van der Waals surface area (Å²) in [6.45, 7) is 10.1. The third-order valence-electron chi connectivity index (χ3n) is 7.06. The molecule has 0 spiro atoms. The number of aryl methyl sites for hydroxylation is 2. The number of hydrogen-bond donors (Lipinski definition) is 1. The van der Waals surface area contributed by atoms with Crippen molar-refractivity contribution in [3.63, 3.8) is 0 Å². The van der Waals surface area contributed by atoms with Crippen LogP contribution in [0.25, 0.3) is 5.52 Å². The monoisotopic (exact) mass is 472 g/mol. The van der Waals surface area contributed by atoms with Crippen molar-refractivity contribution in [2.24, 2.45) is 4.99 Å². The smallest absolute Gasteiger partial charge is 0.257 e. The predicted octanol–water partition coefficient (Wildman–Crippen LogP) is 3.45. The number of pyridine rings is 1. The second-order valence-electron chi connectivity index (χ2n) is 9.23. The fraction of sp³-hybridized carbons (Fsp3) is 0.423. The SMILES string of the molecule is C=NC1=C(NC)CCN(c2ncc(C(=O)N3CCCCC3)c(C)n2)C1c1cc2c(C)cccn2n1. The number of carbonyl (C=O) groups is 1. The largest absolute Gasteiger partial charge is 0.390 e. The zero-order chi connectivity index (χ0) is 24.5. The summed E-state index contributed by atoms with van der Waals surface area (Å²) in [4.78, 5) is 31.0. The number of hydrogen-bond acceptors (Lipinski definition) is 7. The van der Waals surface area contributed by atoms with Gasteiger partial charge >= 0.3 is 0 Å². The van der Waals surface area contributed by atoms with E-state index >= 15 is 0 Å². The summed E-state index contributed by atoms with van der Waals surface area (Å²) in [5, 5.41) is 8.17. The molecule has 1 unspecified atom stereocenters. The molecule has 2 aliphatic heterocycles. The molecule has 2 aliphatic rings. The molecule has 3 aromatic heterocycles. The van der Waals surface area contributed by atoms with Crippen LogP contribution in [0.4, 0.5) is 5.95 Å². The minimum Gasteiger partial charge on any atom is -0.390 e. The van der Waals surface area contributed by atoms with E-state index in [2.05, 4.69) is 46.0 Å². The number of aromatic nitrogens is 4. The highest BCUT2D eigenvalue weighted by molar-refractivity contribution is 5.95. The highest BCUT2D eigenvalue weighted by Gasteiger charge is 2.35. The Balaban J connectivity index is 1.55. The van der Waals surface area contributed by atoms with Crippen molar-refractivity contribution in [2.45, 2.75) is 45.6 Å². The molecular formula is C26H32N8O. The molecule has 0 aliphatic carbocycles. The van der Waals surface area contributed by atoms with E-state index in [0.29, 0.717) is 23.8 Å². The van der Waals surface area contributed by atoms with E-state index in [1.54, 1.807) is 6.20 Å². The first-order valence-corrected chi connectivity index (χ1v) is 12.2. The van der Waals surface area contributed by atoms with Gasteiger partial charge in [0, 0.05) is 51.2 Å². The first-order valence-electron chi connectivity index (χ1n) is 12.2. The molecule has 9 nitrogen and oxygen atoms in total. The van der Waals surface area contributed by atoms with E-state index < -0.39 is 0 Å². The number of likely N-dealkylation sites (tertiary alicyclic amines) is 1. The highest BCUT2D eigenvalue weighted by atomic mass is 16.2. The molecule has 0 aromatic carbocycles. The van der Waals surface area contributed by atoms with Gasteiger partial charge in [-0.1, -0.05) is 6.07 Å². The van der Waals surface area contributed by atoms with Crippen molar-refractivity contribution in [2.75, 3.05) is 31.6 Å². The Morgan fingerprint density at radius 1 is 1.20 bits per heavy atom. The van der Waals surface area contributed by atoms with Gasteiger partial charge in [0.2, 0.25) is 5.95 Å². The number of nitrogens with zero attached hydrogens (tertiary/aromatic N) is 7. The maximum atomic E-state index is 13.1. The van der Waals surface area contributed by atoms with Crippen LogP contribution in [0.15, 0.2) is 47.0 Å². The van der Waals surface area contributed by atoms with Crippen LogP contribution in [0.1, 0.15) is 59.0 Å². The Morgan fingerprint density at radius 3 is 2.69 bits per heavy atom. The first-order chi connectivity index (χ1) is 17.0. The van der Waals surface area contributed by atoms with Crippen LogP contribution in [0.3, 0.4) is 0 Å². The molecule has 1 N–H and O–H groups in total. The van der Waals surface area contributed by atoms with Crippen LogP contribution in [0.2, 0.25) is 0 Å². The molecule has 0 saturated carbocycles. The Labute approximate surface area is 205 Å². The zero-order valence-corrected chi connectivity index (χ0v) is 20.7. The molecule has 9 heteroatoms. The van der Waals surface area contributed by atoms with Crippen molar-refractivity contribution in [1.82, 2.24) is 29.8 Å². The fourth-order valence-corrected chi connectivity index (χ4v) is 5.13. The molecule has 0 radical (unpaired) electrons. The predicted molar refractivity (Wildman–Crippen MR) is 137 cm³/mol. The van der Waals surface area contributed by atoms with Crippen LogP contribution in [0, 0.1) is 13.8 Å². The summed E-state index contributed by atoms with van der Waals surface area (Å²) in [5.74, 6) is 0.582. The van der Waals surface area contributed by atoms with Gasteiger partial charge in [0.05, 0.1) is 28.2 Å². The lowest BCUT2D eigenvalue weighted by atomic mass is 10.00. The quantitative estimate of drug-likeness (QED) is 0.572. The number of carbonyl (C=O) groups excluding carboxylic acids is 1. The van der Waals surface area contributed by atoms with Crippen LogP contribution in [-0.2, 0) is 0 Å². The van der Waals surface area contributed by atoms with E-state index in [-0.39, 0.29) is 11.9 Å². The number of rotatable bonds is 5. The third kappa shape index (κ3) is 4.15. The summed E-state index contributed by atoms with van der Waals surface area (Å²) < 4.78 is 1.89. The molecule has 1 atom stereocenters. The van der Waals surface area contributed by atoms with Gasteiger partial charge in [0.15, 0.2) is 0 Å². The number of aliphatic imine (C=N–C) groups is 1. The summed E-state index contributed by atoms with van der Waals surface area (Å²) in [6, 6.07) is 5.86. The lowest BCUT2D eigenvalue weighted by Gasteiger charge is -2.36. The fourth-order valence-electron chi connectivity index (χ4n) is 5.13. The molecule has 1 amide bonds. The zero-order valence-electron chi connectivity index (χ0n) is 20.7. The summed E-state index contributed by atoms with van der Waals surface area (Å²) in [7, 11) is 1.91. The molecular weight excluding hydrogens is 440 g/mol. The highest BCUT2D eigenvalue weighted by Crippen LogP contribution is 2.37. The van der Waals surface area contributed by atoms with Crippen molar-refractivity contribution in [3.05, 3.63) is 64.5 Å². The number of nitrogens with one attached hydrogen (secondary N) is 1. The number of fused-ring (bicyclic) bond motifs is 1. The third-order valence-corrected chi connectivity index (χ3v) is 7.06. The minimum absolute atomic E-state index is 0.0191. The number of anilines is 1. The van der Waals surface area contributed by atoms with Gasteiger partial charge in [-0.05, 0) is 57.5 Å². The second kappa shape index (κ2) is 9.48. The molecule has 182 valence electrons. The number of piperidine rings is 1. The summed E-state index contributed by atoms with van der Waals surface area (Å²) >= 11 is 0. The Hall–Kier alpha value is -3.75. The minimum atomic E-state index is -0.300. The number of amides is 1. The van der Waals surface area contributed by atoms with E-state index in [1.807, 2.05) is 35.6 Å². The second-order valence-corrected chi connectivity index (χ2v) is 9.23. The van der Waals surface area contributed by atoms with Gasteiger partial charge in [-0.25, -0.2) is 14.5 Å². The van der Waals surface area contributed by atoms with E-state index in [4.69, 9.17) is 10.1 Å². The molecule has 0 bridgehead atoms. The van der Waals surface area contributed by atoms with E-state index in [0.717, 1.165) is 60.5 Å². The Bertz CT molecular complexity index is 1300. The normalized spacial score (nSPS) is 18.8. The van der Waals surface area contributed by atoms with Gasteiger partial charge in [-0.15, -0.1) is 0 Å². The lowest BCUT2D eigenvalue weighted by Crippen LogP contribution is -2.39. The van der Waals surface area contributed by atoms with Crippen LogP contribution in [0.5, 0.6) is 0 Å². The molecule has 3 aromatic rings. The van der Waals surface area contributed by atoms with Gasteiger partial charge in [0.25, 0.3) is 5.91 Å². The summed E-state index contributed by atoms with van der Waals surface area (Å²) in [5.41, 5.74) is 6.14. The molecule has 35 heavy (non-hydrogen) atoms. The van der Waals surface area contributed by atoms with Crippen molar-refractivity contribution >= 4 is 24.1 Å². The van der Waals surface area contributed by atoms with Crippen molar-refractivity contribution in [3.8, 4) is 0 Å². The topological polar surface area (TPSA) is 91.0 Å². The van der Waals surface area contributed by atoms with Crippen LogP contribution < -0.4 is 10.2 Å². The van der Waals surface area contributed by atoms with Gasteiger partial charge < -0.3 is 15.1 Å². The Kier molecular flexibility index (Phi) is 6.23. The lowest BCUT2D eigenvalue weighted by molar-refractivity contribution is 0.0722. The van der Waals surface area contributed by atoms with E-state index in [9.17, 15) is 4.79 Å². The van der Waals surface area contributed by atoms with Crippen molar-refractivity contribution in [1.29, 1.82) is 0 Å². The maximum absolute atomic E-state index is 13.1. The first kappa shape index (κ1) is 23.0. The van der Waals surface area contributed by atoms with Crippen LogP contribution >= 0.6 is 0 Å². The standard InChI is InChI=1S/C26H32N8O/c1-17-9-8-13-34-22(17)15-21(31-34)24-23(28-4)20(27-3)10-14-33(24)26-29-16-19(18(2)30-26)25(35)32-11-6-5-7-12-32/h8-9,13,15-16,24,27H,4-7,10-12,14H2,1-3H3. The van der Waals surface area contributed by atoms with Gasteiger partial charge in [0.1, 0.15) is 6.04 Å². The van der Waals surface area contributed by atoms with Crippen LogP contribution in [-0.4, -0.2) is 63.8 Å². The van der Waals surface area contributed by atoms with Crippen molar-refractivity contribution < 1.29 is 4.79 Å². The average molecular weight is 473 g/mol. The average Bonchev–Trinajstić information content (AvgIpc) is 3.33.